The summed E-state index contributed by atoms with van der Waals surface area (Å²) in [4.78, 5) is 5.96. The van der Waals surface area contributed by atoms with Gasteiger partial charge >= 0.3 is 0 Å². The third-order valence-electron chi connectivity index (χ3n) is 1.19. The summed E-state index contributed by atoms with van der Waals surface area (Å²) in [7, 11) is 3.79. The van der Waals surface area contributed by atoms with Gasteiger partial charge in [-0.2, -0.15) is 0 Å². The number of nitrogens with zero attached hydrogens (tertiary/aromatic N) is 4. The number of rotatable bonds is 2. The Kier molecular flexibility index (Phi) is 2.08. The Morgan fingerprint density at radius 3 is 2.60 bits per heavy atom. The van der Waals surface area contributed by atoms with Gasteiger partial charge < -0.3 is 5.73 Å². The third kappa shape index (κ3) is 1.37. The standard InChI is InChI=1S/C5H11N5/c1-10(2)5-7-4(3-6)8-9-5/h5H,3,6H2,1-2H3. The molecule has 5 heteroatoms. The van der Waals surface area contributed by atoms with E-state index in [0.29, 0.717) is 12.4 Å². The van der Waals surface area contributed by atoms with E-state index < -0.39 is 0 Å². The highest BCUT2D eigenvalue weighted by molar-refractivity contribution is 5.85. The average Bonchev–Trinajstić information content (AvgIpc) is 2.34. The molecule has 1 unspecified atom stereocenters. The maximum atomic E-state index is 5.29. The fraction of sp³-hybridized carbons (Fsp3) is 0.800. The first-order valence-corrected chi connectivity index (χ1v) is 3.08. The molecule has 2 N–H and O–H groups in total. The largest absolute Gasteiger partial charge is 0.324 e. The molecule has 10 heavy (non-hydrogen) atoms. The van der Waals surface area contributed by atoms with E-state index >= 15 is 0 Å². The molecule has 1 rings (SSSR count). The normalized spacial score (nSPS) is 24.0. The van der Waals surface area contributed by atoms with Crippen LogP contribution in [0.4, 0.5) is 0 Å². The fourth-order valence-electron chi connectivity index (χ4n) is 0.615. The van der Waals surface area contributed by atoms with Crippen LogP contribution in [0.15, 0.2) is 15.2 Å². The zero-order valence-corrected chi connectivity index (χ0v) is 6.15. The molecule has 1 aliphatic rings. The highest BCUT2D eigenvalue weighted by atomic mass is 15.4. The Balaban J connectivity index is 2.57. The molecule has 0 spiro atoms. The van der Waals surface area contributed by atoms with Crippen LogP contribution in [0.2, 0.25) is 0 Å². The topological polar surface area (TPSA) is 66.3 Å². The molecular formula is C5H11N5. The van der Waals surface area contributed by atoms with Crippen LogP contribution in [0.1, 0.15) is 0 Å². The molecular weight excluding hydrogens is 130 g/mol. The van der Waals surface area contributed by atoms with Crippen molar-refractivity contribution < 1.29 is 0 Å². The number of hydrogen-bond donors (Lipinski definition) is 1. The first-order valence-electron chi connectivity index (χ1n) is 3.08. The minimum Gasteiger partial charge on any atom is -0.324 e. The van der Waals surface area contributed by atoms with Gasteiger partial charge in [0, 0.05) is 0 Å². The van der Waals surface area contributed by atoms with Crippen molar-refractivity contribution in [2.45, 2.75) is 6.29 Å². The van der Waals surface area contributed by atoms with E-state index in [1.54, 1.807) is 0 Å². The molecule has 1 atom stereocenters. The SMILES string of the molecule is CN(C)C1N=NC(CN)=N1. The van der Waals surface area contributed by atoms with E-state index in [0.717, 1.165) is 0 Å². The minimum atomic E-state index is -0.154. The molecule has 0 aromatic rings. The summed E-state index contributed by atoms with van der Waals surface area (Å²) in [6.45, 7) is 0.369. The second-order valence-corrected chi connectivity index (χ2v) is 2.27. The summed E-state index contributed by atoms with van der Waals surface area (Å²) in [6.07, 6.45) is -0.154. The van der Waals surface area contributed by atoms with Gasteiger partial charge in [0.1, 0.15) is 0 Å². The van der Waals surface area contributed by atoms with Gasteiger partial charge in [0.05, 0.1) is 6.54 Å². The molecule has 0 aliphatic carbocycles. The zero-order chi connectivity index (χ0) is 7.56. The quantitative estimate of drug-likeness (QED) is 0.571. The Morgan fingerprint density at radius 1 is 1.60 bits per heavy atom. The second-order valence-electron chi connectivity index (χ2n) is 2.27. The predicted molar refractivity (Wildman–Crippen MR) is 38.8 cm³/mol. The lowest BCUT2D eigenvalue weighted by molar-refractivity contribution is 0.312. The lowest BCUT2D eigenvalue weighted by atomic mass is 10.6. The highest BCUT2D eigenvalue weighted by Gasteiger charge is 2.13. The number of hydrogen-bond acceptors (Lipinski definition) is 5. The van der Waals surface area contributed by atoms with Gasteiger partial charge in [0.15, 0.2) is 5.84 Å². The number of aliphatic imine (C=N–C) groups is 1. The molecule has 0 radical (unpaired) electrons. The van der Waals surface area contributed by atoms with Crippen LogP contribution >= 0.6 is 0 Å². The van der Waals surface area contributed by atoms with E-state index in [1.165, 1.54) is 0 Å². The molecule has 0 bridgehead atoms. The Labute approximate surface area is 59.6 Å². The monoisotopic (exact) mass is 141 g/mol. The van der Waals surface area contributed by atoms with Crippen LogP contribution in [-0.2, 0) is 0 Å². The van der Waals surface area contributed by atoms with Crippen LogP contribution in [0, 0.1) is 0 Å². The number of amidine groups is 1. The minimum absolute atomic E-state index is 0.154. The van der Waals surface area contributed by atoms with Gasteiger partial charge in [0.25, 0.3) is 0 Å². The van der Waals surface area contributed by atoms with Crippen molar-refractivity contribution in [3.05, 3.63) is 0 Å². The number of azo groups is 1. The summed E-state index contributed by atoms with van der Waals surface area (Å²) >= 11 is 0. The van der Waals surface area contributed by atoms with Gasteiger partial charge in [-0.1, -0.05) is 0 Å². The maximum Gasteiger partial charge on any atom is 0.217 e. The van der Waals surface area contributed by atoms with Gasteiger partial charge in [-0.15, -0.1) is 10.2 Å². The maximum absolute atomic E-state index is 5.29. The first-order chi connectivity index (χ1) is 4.74. The van der Waals surface area contributed by atoms with Crippen LogP contribution < -0.4 is 5.73 Å². The Hall–Kier alpha value is -0.810. The van der Waals surface area contributed by atoms with E-state index in [2.05, 4.69) is 15.2 Å². The molecule has 1 aliphatic heterocycles. The molecule has 0 aromatic heterocycles. The fourth-order valence-corrected chi connectivity index (χ4v) is 0.615. The van der Waals surface area contributed by atoms with Crippen LogP contribution in [0.5, 0.6) is 0 Å². The van der Waals surface area contributed by atoms with Gasteiger partial charge in [-0.3, -0.25) is 4.90 Å². The van der Waals surface area contributed by atoms with Crippen LogP contribution in [-0.4, -0.2) is 37.7 Å². The molecule has 0 aromatic carbocycles. The van der Waals surface area contributed by atoms with Crippen molar-refractivity contribution in [1.82, 2.24) is 4.90 Å². The van der Waals surface area contributed by atoms with Crippen molar-refractivity contribution >= 4 is 5.84 Å². The Bertz CT molecular complexity index is 171. The second kappa shape index (κ2) is 2.85. The number of nitrogens with two attached hydrogens (primary N) is 1. The molecule has 56 valence electrons. The summed E-state index contributed by atoms with van der Waals surface area (Å²) in [5.41, 5.74) is 5.29. The van der Waals surface area contributed by atoms with Crippen molar-refractivity contribution in [3.63, 3.8) is 0 Å². The summed E-state index contributed by atoms with van der Waals surface area (Å²) in [5.74, 6) is 0.624. The van der Waals surface area contributed by atoms with E-state index in [9.17, 15) is 0 Å². The molecule has 1 heterocycles. The molecule has 0 saturated heterocycles. The van der Waals surface area contributed by atoms with Crippen LogP contribution in [0.3, 0.4) is 0 Å². The van der Waals surface area contributed by atoms with Gasteiger partial charge in [-0.25, -0.2) is 4.99 Å². The first kappa shape index (κ1) is 7.30. The summed E-state index contributed by atoms with van der Waals surface area (Å²) in [5, 5.41) is 7.62. The smallest absolute Gasteiger partial charge is 0.217 e. The molecule has 0 saturated carbocycles. The van der Waals surface area contributed by atoms with Crippen molar-refractivity contribution in [2.24, 2.45) is 21.0 Å². The van der Waals surface area contributed by atoms with E-state index in [-0.39, 0.29) is 6.29 Å². The van der Waals surface area contributed by atoms with Gasteiger partial charge in [0.2, 0.25) is 6.29 Å². The lowest BCUT2D eigenvalue weighted by Gasteiger charge is -2.09. The van der Waals surface area contributed by atoms with Crippen molar-refractivity contribution in [3.8, 4) is 0 Å². The van der Waals surface area contributed by atoms with Crippen LogP contribution in [0.25, 0.3) is 0 Å². The molecule has 0 fully saturated rings. The third-order valence-corrected chi connectivity index (χ3v) is 1.19. The van der Waals surface area contributed by atoms with Gasteiger partial charge in [-0.05, 0) is 14.1 Å². The van der Waals surface area contributed by atoms with Crippen molar-refractivity contribution in [2.75, 3.05) is 20.6 Å². The van der Waals surface area contributed by atoms with Crippen molar-refractivity contribution in [1.29, 1.82) is 0 Å². The average molecular weight is 141 g/mol. The summed E-state index contributed by atoms with van der Waals surface area (Å²) < 4.78 is 0. The highest BCUT2D eigenvalue weighted by Crippen LogP contribution is 2.05. The lowest BCUT2D eigenvalue weighted by Crippen LogP contribution is -2.22. The zero-order valence-electron chi connectivity index (χ0n) is 6.15. The van der Waals surface area contributed by atoms with E-state index in [1.807, 2.05) is 19.0 Å². The molecule has 5 nitrogen and oxygen atoms in total. The van der Waals surface area contributed by atoms with E-state index in [4.69, 9.17) is 5.73 Å². The predicted octanol–water partition coefficient (Wildman–Crippen LogP) is -0.345. The Morgan fingerprint density at radius 2 is 2.30 bits per heavy atom. The summed E-state index contributed by atoms with van der Waals surface area (Å²) in [6, 6.07) is 0. The molecule has 0 amide bonds.